The van der Waals surface area contributed by atoms with Crippen LogP contribution in [0.25, 0.3) is 30.2 Å². The molecule has 0 amide bonds. The van der Waals surface area contributed by atoms with E-state index in [0.717, 1.165) is 6.54 Å². The fraction of sp³-hybridized carbons (Fsp3) is 0.500. The van der Waals surface area contributed by atoms with Crippen molar-refractivity contribution in [3.63, 3.8) is 0 Å². The van der Waals surface area contributed by atoms with Crippen LogP contribution in [0.1, 0.15) is 70.8 Å². The van der Waals surface area contributed by atoms with E-state index in [0.29, 0.717) is 0 Å². The number of hydrogen-bond acceptors (Lipinski definition) is 3. The van der Waals surface area contributed by atoms with Gasteiger partial charge in [0.05, 0.1) is 20.4 Å². The molecule has 0 saturated carbocycles. The Kier molecular flexibility index (Phi) is 6.92. The third kappa shape index (κ3) is 4.10. The van der Waals surface area contributed by atoms with Crippen molar-refractivity contribution in [1.82, 2.24) is 4.57 Å². The zero-order chi connectivity index (χ0) is 19.3. The standard InChI is InChI=1S/C24H31NS3/c1-3-5-7-8-9-10-14-25-19-13-16-27-23(19)24-20(25)17-21(28-24)22-18(11-6-4-2)12-15-26-22/h12-13,15-17H,3-11,14H2,1-2H3. The predicted molar refractivity (Wildman–Crippen MR) is 130 cm³/mol. The van der Waals surface area contributed by atoms with Crippen molar-refractivity contribution in [2.24, 2.45) is 0 Å². The number of unbranched alkanes of at least 4 members (excludes halogenated alkanes) is 6. The molecule has 0 radical (unpaired) electrons. The molecule has 0 unspecified atom stereocenters. The first-order valence-electron chi connectivity index (χ1n) is 10.9. The Morgan fingerprint density at radius 3 is 2.43 bits per heavy atom. The monoisotopic (exact) mass is 429 g/mol. The van der Waals surface area contributed by atoms with Crippen molar-refractivity contribution >= 4 is 54.4 Å². The molecule has 1 nitrogen and oxygen atoms in total. The molecule has 0 aliphatic carbocycles. The van der Waals surface area contributed by atoms with E-state index in [4.69, 9.17) is 0 Å². The quantitative estimate of drug-likeness (QED) is 0.209. The summed E-state index contributed by atoms with van der Waals surface area (Å²) in [5, 5.41) is 4.54. The van der Waals surface area contributed by atoms with Gasteiger partial charge >= 0.3 is 0 Å². The maximum Gasteiger partial charge on any atom is 0.0707 e. The normalized spacial score (nSPS) is 11.9. The zero-order valence-electron chi connectivity index (χ0n) is 17.1. The van der Waals surface area contributed by atoms with Crippen molar-refractivity contribution in [2.45, 2.75) is 78.2 Å². The summed E-state index contributed by atoms with van der Waals surface area (Å²) in [5.74, 6) is 0. The highest BCUT2D eigenvalue weighted by atomic mass is 32.1. The van der Waals surface area contributed by atoms with Gasteiger partial charge in [-0.25, -0.2) is 0 Å². The lowest BCUT2D eigenvalue weighted by atomic mass is 10.1. The third-order valence-electron chi connectivity index (χ3n) is 5.65. The molecule has 0 bridgehead atoms. The Morgan fingerprint density at radius 1 is 0.786 bits per heavy atom. The van der Waals surface area contributed by atoms with Crippen molar-refractivity contribution < 1.29 is 0 Å². The summed E-state index contributed by atoms with van der Waals surface area (Å²) in [7, 11) is 0. The third-order valence-corrected chi connectivity index (χ3v) is 8.98. The number of thiophene rings is 3. The molecule has 0 aromatic carbocycles. The summed E-state index contributed by atoms with van der Waals surface area (Å²) in [4.78, 5) is 2.98. The molecule has 28 heavy (non-hydrogen) atoms. The zero-order valence-corrected chi connectivity index (χ0v) is 19.6. The second kappa shape index (κ2) is 9.60. The van der Waals surface area contributed by atoms with Gasteiger partial charge in [0.2, 0.25) is 0 Å². The molecule has 0 atom stereocenters. The molecular formula is C24H31NS3. The number of aromatic nitrogens is 1. The fourth-order valence-corrected chi connectivity index (χ4v) is 7.41. The lowest BCUT2D eigenvalue weighted by molar-refractivity contribution is 0.571. The highest BCUT2D eigenvalue weighted by Crippen LogP contribution is 2.44. The van der Waals surface area contributed by atoms with E-state index in [2.05, 4.69) is 47.4 Å². The SMILES string of the molecule is CCCCCCCCn1c2ccsc2c2sc(-c3sccc3CCCC)cc21. The van der Waals surface area contributed by atoms with Crippen LogP contribution in [0.15, 0.2) is 29.0 Å². The first kappa shape index (κ1) is 20.2. The molecule has 4 heterocycles. The van der Waals surface area contributed by atoms with Crippen molar-refractivity contribution in [1.29, 1.82) is 0 Å². The average molecular weight is 430 g/mol. The van der Waals surface area contributed by atoms with Gasteiger partial charge in [-0.2, -0.15) is 0 Å². The van der Waals surface area contributed by atoms with Gasteiger partial charge < -0.3 is 4.57 Å². The van der Waals surface area contributed by atoms with Crippen LogP contribution in [0.5, 0.6) is 0 Å². The minimum Gasteiger partial charge on any atom is -0.339 e. The summed E-state index contributed by atoms with van der Waals surface area (Å²) < 4.78 is 5.59. The lowest BCUT2D eigenvalue weighted by Crippen LogP contribution is -1.96. The molecule has 0 aliphatic heterocycles. The summed E-state index contributed by atoms with van der Waals surface area (Å²) in [6, 6.07) is 7.14. The summed E-state index contributed by atoms with van der Waals surface area (Å²) in [5.41, 5.74) is 4.45. The summed E-state index contributed by atoms with van der Waals surface area (Å²) >= 11 is 5.84. The molecule has 4 heteroatoms. The summed E-state index contributed by atoms with van der Waals surface area (Å²) in [6.45, 7) is 5.73. The first-order valence-corrected chi connectivity index (χ1v) is 13.5. The van der Waals surface area contributed by atoms with Gasteiger partial charge in [-0.3, -0.25) is 0 Å². The highest BCUT2D eigenvalue weighted by molar-refractivity contribution is 7.30. The van der Waals surface area contributed by atoms with Crippen LogP contribution < -0.4 is 0 Å². The number of rotatable bonds is 11. The molecule has 0 saturated heterocycles. The van der Waals surface area contributed by atoms with Crippen LogP contribution in [-0.2, 0) is 13.0 Å². The van der Waals surface area contributed by atoms with E-state index in [-0.39, 0.29) is 0 Å². The Hall–Kier alpha value is -1.10. The minimum absolute atomic E-state index is 1.16. The number of hydrogen-bond donors (Lipinski definition) is 0. The Morgan fingerprint density at radius 2 is 1.57 bits per heavy atom. The van der Waals surface area contributed by atoms with E-state index in [1.807, 2.05) is 34.0 Å². The topological polar surface area (TPSA) is 4.93 Å². The molecule has 150 valence electrons. The van der Waals surface area contributed by atoms with E-state index in [1.165, 1.54) is 88.0 Å². The van der Waals surface area contributed by atoms with Gasteiger partial charge in [-0.05, 0) is 53.8 Å². The maximum absolute atomic E-state index is 2.60. The van der Waals surface area contributed by atoms with Crippen LogP contribution >= 0.6 is 34.0 Å². The van der Waals surface area contributed by atoms with Crippen molar-refractivity contribution in [3.05, 3.63) is 34.5 Å². The van der Waals surface area contributed by atoms with E-state index in [1.54, 1.807) is 5.56 Å². The van der Waals surface area contributed by atoms with Gasteiger partial charge in [0, 0.05) is 16.3 Å². The smallest absolute Gasteiger partial charge is 0.0707 e. The van der Waals surface area contributed by atoms with Crippen LogP contribution in [0, 0.1) is 0 Å². The Labute approximate surface area is 181 Å². The average Bonchev–Trinajstić information content (AvgIpc) is 3.45. The van der Waals surface area contributed by atoms with E-state index >= 15 is 0 Å². The summed E-state index contributed by atoms with van der Waals surface area (Å²) in [6.07, 6.45) is 11.9. The van der Waals surface area contributed by atoms with E-state index < -0.39 is 0 Å². The van der Waals surface area contributed by atoms with Gasteiger partial charge in [0.15, 0.2) is 0 Å². The van der Waals surface area contributed by atoms with Gasteiger partial charge in [0.25, 0.3) is 0 Å². The molecule has 4 aromatic heterocycles. The lowest BCUT2D eigenvalue weighted by Gasteiger charge is -2.06. The minimum atomic E-state index is 1.16. The van der Waals surface area contributed by atoms with Gasteiger partial charge in [0.1, 0.15) is 0 Å². The van der Waals surface area contributed by atoms with Crippen LogP contribution in [0.3, 0.4) is 0 Å². The maximum atomic E-state index is 2.60. The molecule has 0 spiro atoms. The number of aryl methyl sites for hydroxylation is 2. The van der Waals surface area contributed by atoms with Crippen molar-refractivity contribution in [2.75, 3.05) is 0 Å². The molecule has 0 aliphatic rings. The highest BCUT2D eigenvalue weighted by Gasteiger charge is 2.17. The fourth-order valence-electron chi connectivity index (χ4n) is 4.08. The molecule has 0 fully saturated rings. The molecule has 0 N–H and O–H groups in total. The Bertz CT molecular complexity index is 1010. The molecule has 4 aromatic rings. The second-order valence-electron chi connectivity index (χ2n) is 7.76. The Balaban J connectivity index is 1.59. The van der Waals surface area contributed by atoms with Crippen LogP contribution in [-0.4, -0.2) is 4.57 Å². The second-order valence-corrected chi connectivity index (χ2v) is 10.6. The van der Waals surface area contributed by atoms with E-state index in [9.17, 15) is 0 Å². The first-order chi connectivity index (χ1) is 13.8. The number of fused-ring (bicyclic) bond motifs is 3. The molecule has 4 rings (SSSR count). The van der Waals surface area contributed by atoms with Crippen molar-refractivity contribution in [3.8, 4) is 9.75 Å². The number of nitrogens with zero attached hydrogens (tertiary/aromatic N) is 1. The van der Waals surface area contributed by atoms with Crippen LogP contribution in [0.4, 0.5) is 0 Å². The van der Waals surface area contributed by atoms with Crippen LogP contribution in [0.2, 0.25) is 0 Å². The largest absolute Gasteiger partial charge is 0.339 e. The van der Waals surface area contributed by atoms with Gasteiger partial charge in [-0.15, -0.1) is 34.0 Å². The predicted octanol–water partition coefficient (Wildman–Crippen LogP) is 9.35. The molecular weight excluding hydrogens is 398 g/mol. The van der Waals surface area contributed by atoms with Gasteiger partial charge in [-0.1, -0.05) is 52.4 Å².